The summed E-state index contributed by atoms with van der Waals surface area (Å²) >= 11 is 0. The second kappa shape index (κ2) is 7.97. The summed E-state index contributed by atoms with van der Waals surface area (Å²) in [4.78, 5) is 29.2. The molecular formula is C21H25F3N2O3. The van der Waals surface area contributed by atoms with Gasteiger partial charge in [0, 0.05) is 37.8 Å². The highest BCUT2D eigenvalue weighted by molar-refractivity contribution is 5.94. The topological polar surface area (TPSA) is 49.9 Å². The van der Waals surface area contributed by atoms with E-state index in [1.54, 1.807) is 4.90 Å². The summed E-state index contributed by atoms with van der Waals surface area (Å²) in [5, 5.41) is 0. The van der Waals surface area contributed by atoms with Crippen LogP contribution in [0.2, 0.25) is 0 Å². The Morgan fingerprint density at radius 2 is 1.90 bits per heavy atom. The van der Waals surface area contributed by atoms with Gasteiger partial charge < -0.3 is 14.5 Å². The maximum Gasteiger partial charge on any atom is 0.416 e. The number of carbonyl (C=O) groups excluding carboxylic acids is 2. The largest absolute Gasteiger partial charge is 0.416 e. The minimum Gasteiger partial charge on any atom is -0.368 e. The predicted molar refractivity (Wildman–Crippen MR) is 99.2 cm³/mol. The lowest BCUT2D eigenvalue weighted by Gasteiger charge is -2.47. The van der Waals surface area contributed by atoms with Gasteiger partial charge in [-0.15, -0.1) is 0 Å². The molecule has 5 nitrogen and oxygen atoms in total. The Hall–Kier alpha value is -2.09. The molecule has 8 heteroatoms. The molecule has 158 valence electrons. The van der Waals surface area contributed by atoms with Crippen molar-refractivity contribution in [3.63, 3.8) is 0 Å². The molecule has 3 heterocycles. The van der Waals surface area contributed by atoms with Gasteiger partial charge in [0.25, 0.3) is 11.8 Å². The van der Waals surface area contributed by atoms with Crippen molar-refractivity contribution in [1.29, 1.82) is 0 Å². The molecule has 1 aromatic carbocycles. The number of carbonyl (C=O) groups is 2. The Balaban J connectivity index is 1.44. The van der Waals surface area contributed by atoms with Crippen LogP contribution in [0.4, 0.5) is 13.2 Å². The third-order valence-electron chi connectivity index (χ3n) is 6.28. The lowest BCUT2D eigenvalue weighted by atomic mass is 9.83. The van der Waals surface area contributed by atoms with E-state index in [9.17, 15) is 22.8 Å². The number of halogens is 3. The Bertz CT molecular complexity index is 777. The van der Waals surface area contributed by atoms with E-state index in [4.69, 9.17) is 4.74 Å². The number of piperidine rings is 2. The van der Waals surface area contributed by atoms with Crippen molar-refractivity contribution in [2.24, 2.45) is 5.92 Å². The molecule has 0 aliphatic carbocycles. The van der Waals surface area contributed by atoms with E-state index in [1.165, 1.54) is 12.1 Å². The minimum atomic E-state index is -4.48. The van der Waals surface area contributed by atoms with Crippen molar-refractivity contribution >= 4 is 11.8 Å². The van der Waals surface area contributed by atoms with E-state index < -0.39 is 11.7 Å². The molecular weight excluding hydrogens is 385 g/mol. The predicted octanol–water partition coefficient (Wildman–Crippen LogP) is 3.34. The number of nitrogens with zero attached hydrogens (tertiary/aromatic N) is 2. The molecule has 29 heavy (non-hydrogen) atoms. The lowest BCUT2D eigenvalue weighted by molar-refractivity contribution is -0.147. The number of alkyl halides is 3. The fraction of sp³-hybridized carbons (Fsp3) is 0.619. The van der Waals surface area contributed by atoms with Crippen LogP contribution < -0.4 is 0 Å². The molecule has 1 unspecified atom stereocenters. The molecule has 0 saturated carbocycles. The highest BCUT2D eigenvalue weighted by Crippen LogP contribution is 2.34. The first-order valence-electron chi connectivity index (χ1n) is 10.2. The number of benzene rings is 1. The average molecular weight is 410 g/mol. The van der Waals surface area contributed by atoms with Gasteiger partial charge >= 0.3 is 6.18 Å². The van der Waals surface area contributed by atoms with E-state index in [1.807, 2.05) is 4.90 Å². The van der Waals surface area contributed by atoms with Crippen molar-refractivity contribution in [2.75, 3.05) is 26.2 Å². The molecule has 3 atom stereocenters. The van der Waals surface area contributed by atoms with Gasteiger partial charge in [0.1, 0.15) is 6.10 Å². The monoisotopic (exact) mass is 410 g/mol. The van der Waals surface area contributed by atoms with Gasteiger partial charge in [-0.05, 0) is 56.2 Å². The van der Waals surface area contributed by atoms with Crippen LogP contribution >= 0.6 is 0 Å². The van der Waals surface area contributed by atoms with Gasteiger partial charge in [-0.25, -0.2) is 0 Å². The van der Waals surface area contributed by atoms with Crippen LogP contribution in [0.5, 0.6) is 0 Å². The first-order chi connectivity index (χ1) is 13.8. The maximum atomic E-state index is 13.0. The zero-order chi connectivity index (χ0) is 20.6. The quantitative estimate of drug-likeness (QED) is 0.752. The SMILES string of the molecule is O=C(c1cccc(C(F)(F)F)c1)N1CC[C@@H]2[C@H](CCCN2C(=O)C2CCCO2)C1. The van der Waals surface area contributed by atoms with E-state index in [-0.39, 0.29) is 35.4 Å². The number of hydrogen-bond acceptors (Lipinski definition) is 3. The molecule has 0 N–H and O–H groups in total. The number of rotatable bonds is 2. The number of likely N-dealkylation sites (tertiary alicyclic amines) is 2. The average Bonchev–Trinajstić information content (AvgIpc) is 3.26. The number of hydrogen-bond donors (Lipinski definition) is 0. The third-order valence-corrected chi connectivity index (χ3v) is 6.28. The molecule has 3 fully saturated rings. The summed E-state index contributed by atoms with van der Waals surface area (Å²) in [6.45, 7) is 2.24. The molecule has 1 aromatic rings. The highest BCUT2D eigenvalue weighted by Gasteiger charge is 2.42. The van der Waals surface area contributed by atoms with E-state index in [2.05, 4.69) is 0 Å². The molecule has 0 aromatic heterocycles. The summed E-state index contributed by atoms with van der Waals surface area (Å²) in [7, 11) is 0. The van der Waals surface area contributed by atoms with Gasteiger partial charge in [-0.1, -0.05) is 6.07 Å². The van der Waals surface area contributed by atoms with Crippen LogP contribution in [-0.2, 0) is 15.7 Å². The van der Waals surface area contributed by atoms with E-state index in [0.717, 1.165) is 37.8 Å². The Labute approximate surface area is 167 Å². The van der Waals surface area contributed by atoms with Gasteiger partial charge in [0.05, 0.1) is 5.56 Å². The Morgan fingerprint density at radius 1 is 1.07 bits per heavy atom. The maximum absolute atomic E-state index is 13.0. The second-order valence-corrected chi connectivity index (χ2v) is 8.12. The molecule has 3 aliphatic rings. The molecule has 4 rings (SSSR count). The number of amides is 2. The van der Waals surface area contributed by atoms with Crippen molar-refractivity contribution in [2.45, 2.75) is 50.4 Å². The van der Waals surface area contributed by atoms with Gasteiger partial charge in [0.15, 0.2) is 0 Å². The van der Waals surface area contributed by atoms with Crippen molar-refractivity contribution in [1.82, 2.24) is 9.80 Å². The van der Waals surface area contributed by atoms with Gasteiger partial charge in [-0.3, -0.25) is 9.59 Å². The molecule has 3 aliphatic heterocycles. The van der Waals surface area contributed by atoms with E-state index in [0.29, 0.717) is 32.7 Å². The van der Waals surface area contributed by atoms with Crippen LogP contribution in [0.1, 0.15) is 48.0 Å². The van der Waals surface area contributed by atoms with Crippen molar-refractivity contribution < 1.29 is 27.5 Å². The fourth-order valence-corrected chi connectivity index (χ4v) is 4.83. The zero-order valence-corrected chi connectivity index (χ0v) is 16.2. The van der Waals surface area contributed by atoms with Crippen LogP contribution in [-0.4, -0.2) is 60.0 Å². The summed E-state index contributed by atoms with van der Waals surface area (Å²) < 4.78 is 44.5. The molecule has 3 saturated heterocycles. The first kappa shape index (κ1) is 20.2. The Kier molecular flexibility index (Phi) is 5.55. The normalized spacial score (nSPS) is 27.6. The molecule has 0 spiro atoms. The zero-order valence-electron chi connectivity index (χ0n) is 16.2. The summed E-state index contributed by atoms with van der Waals surface area (Å²) in [5.41, 5.74) is -0.759. The highest BCUT2D eigenvalue weighted by atomic mass is 19.4. The number of fused-ring (bicyclic) bond motifs is 1. The summed E-state index contributed by atoms with van der Waals surface area (Å²) in [5.74, 6) is -0.176. The van der Waals surface area contributed by atoms with Gasteiger partial charge in [-0.2, -0.15) is 13.2 Å². The Morgan fingerprint density at radius 3 is 2.62 bits per heavy atom. The lowest BCUT2D eigenvalue weighted by Crippen LogP contribution is -2.58. The van der Waals surface area contributed by atoms with Crippen molar-refractivity contribution in [3.05, 3.63) is 35.4 Å². The van der Waals surface area contributed by atoms with Crippen LogP contribution in [0.3, 0.4) is 0 Å². The molecule has 2 amide bonds. The number of ether oxygens (including phenoxy) is 1. The molecule has 0 bridgehead atoms. The second-order valence-electron chi connectivity index (χ2n) is 8.12. The van der Waals surface area contributed by atoms with Crippen LogP contribution in [0.25, 0.3) is 0 Å². The first-order valence-corrected chi connectivity index (χ1v) is 10.2. The summed E-state index contributed by atoms with van der Waals surface area (Å²) in [6, 6.07) is 4.66. The standard InChI is InChI=1S/C21H25F3N2O3/c22-21(23,24)16-6-1-4-14(12-16)19(27)25-10-8-17-15(13-25)5-2-9-26(17)20(28)18-7-3-11-29-18/h1,4,6,12,15,17-18H,2-3,5,7-11,13H2/t15-,17-,18?/m1/s1. The van der Waals surface area contributed by atoms with E-state index >= 15 is 0 Å². The van der Waals surface area contributed by atoms with Crippen molar-refractivity contribution in [3.8, 4) is 0 Å². The fourth-order valence-electron chi connectivity index (χ4n) is 4.83. The smallest absolute Gasteiger partial charge is 0.368 e. The minimum absolute atomic E-state index is 0.0508. The van der Waals surface area contributed by atoms with Gasteiger partial charge in [0.2, 0.25) is 0 Å². The summed E-state index contributed by atoms with van der Waals surface area (Å²) in [6.07, 6.45) is -0.746. The van der Waals surface area contributed by atoms with Crippen LogP contribution in [0.15, 0.2) is 24.3 Å². The third kappa shape index (κ3) is 4.13. The molecule has 0 radical (unpaired) electrons. The van der Waals surface area contributed by atoms with Crippen LogP contribution in [0, 0.1) is 5.92 Å².